The Morgan fingerprint density at radius 3 is 2.42 bits per heavy atom. The first kappa shape index (κ1) is 32.3. The Kier molecular flexibility index (Phi) is 10.6. The third-order valence-corrected chi connectivity index (χ3v) is 8.15. The van der Waals surface area contributed by atoms with Crippen molar-refractivity contribution in [3.05, 3.63) is 59.7 Å². The number of nitrogens with zero attached hydrogens (tertiary/aromatic N) is 7. The van der Waals surface area contributed by atoms with E-state index in [1.807, 2.05) is 43.7 Å². The number of halogens is 2. The van der Waals surface area contributed by atoms with Crippen LogP contribution in [0.5, 0.6) is 0 Å². The molecule has 4 heterocycles. The van der Waals surface area contributed by atoms with Crippen LogP contribution < -0.4 is 10.8 Å². The molecule has 3 N–H and O–H groups in total. The number of amides is 1. The first-order valence-electron chi connectivity index (χ1n) is 15.5. The van der Waals surface area contributed by atoms with Crippen molar-refractivity contribution in [3.63, 3.8) is 0 Å². The lowest BCUT2D eigenvalue weighted by Gasteiger charge is -2.34. The van der Waals surface area contributed by atoms with E-state index in [-0.39, 0.29) is 29.1 Å². The monoisotopic (exact) mass is 621 g/mol. The van der Waals surface area contributed by atoms with Gasteiger partial charge in [0.05, 0.1) is 11.7 Å². The SMILES string of the molecule is Cc1nc2c(F)cc(-c3nc(Nc4ccc(CN5CCN(CCCCCCC(=O)NO)CC5)cn4)ncc3F)cc2n1C(C)C. The van der Waals surface area contributed by atoms with Crippen molar-refractivity contribution in [2.75, 3.05) is 38.0 Å². The molecular formula is C32H41F2N9O2. The number of pyridine rings is 1. The maximum absolute atomic E-state index is 15.0. The molecule has 1 aliphatic rings. The van der Waals surface area contributed by atoms with Crippen molar-refractivity contribution in [2.45, 2.75) is 65.5 Å². The maximum Gasteiger partial charge on any atom is 0.243 e. The molecule has 0 aliphatic carbocycles. The van der Waals surface area contributed by atoms with Crippen LogP contribution in [0.2, 0.25) is 0 Å². The van der Waals surface area contributed by atoms with E-state index < -0.39 is 11.6 Å². The summed E-state index contributed by atoms with van der Waals surface area (Å²) in [6.07, 6.45) is 7.22. The van der Waals surface area contributed by atoms with Gasteiger partial charge in [-0.15, -0.1) is 0 Å². The molecule has 0 radical (unpaired) electrons. The minimum atomic E-state index is -0.653. The van der Waals surface area contributed by atoms with Gasteiger partial charge in [0.2, 0.25) is 11.9 Å². The zero-order valence-corrected chi connectivity index (χ0v) is 26.1. The molecule has 1 fully saturated rings. The van der Waals surface area contributed by atoms with Crippen molar-refractivity contribution in [3.8, 4) is 11.3 Å². The van der Waals surface area contributed by atoms with Crippen molar-refractivity contribution in [1.29, 1.82) is 0 Å². The lowest BCUT2D eigenvalue weighted by Crippen LogP contribution is -2.46. The van der Waals surface area contributed by atoms with Gasteiger partial charge in [-0.2, -0.15) is 0 Å². The Balaban J connectivity index is 1.14. The maximum atomic E-state index is 15.0. The van der Waals surface area contributed by atoms with Crippen molar-refractivity contribution in [1.82, 2.24) is 39.8 Å². The number of benzene rings is 1. The Hall–Kier alpha value is -4.07. The lowest BCUT2D eigenvalue weighted by molar-refractivity contribution is -0.129. The van der Waals surface area contributed by atoms with Gasteiger partial charge < -0.3 is 14.8 Å². The number of unbranched alkanes of at least 4 members (excludes halogenated alkanes) is 3. The number of hydroxylamine groups is 1. The first-order chi connectivity index (χ1) is 21.7. The summed E-state index contributed by atoms with van der Waals surface area (Å²) < 4.78 is 31.8. The molecule has 0 saturated carbocycles. The van der Waals surface area contributed by atoms with Crippen molar-refractivity contribution < 1.29 is 18.8 Å². The van der Waals surface area contributed by atoms with Gasteiger partial charge in [-0.05, 0) is 63.9 Å². The highest BCUT2D eigenvalue weighted by Gasteiger charge is 2.19. The van der Waals surface area contributed by atoms with Gasteiger partial charge in [0, 0.05) is 56.9 Å². The molecule has 1 saturated heterocycles. The lowest BCUT2D eigenvalue weighted by atomic mass is 10.1. The number of nitrogens with one attached hydrogen (secondary N) is 2. The Bertz CT molecular complexity index is 1600. The number of imidazole rings is 1. The molecule has 13 heteroatoms. The minimum absolute atomic E-state index is 0.00897. The summed E-state index contributed by atoms with van der Waals surface area (Å²) in [4.78, 5) is 33.3. The Morgan fingerprint density at radius 2 is 1.71 bits per heavy atom. The van der Waals surface area contributed by atoms with Crippen LogP contribution >= 0.6 is 0 Å². The Labute approximate surface area is 261 Å². The van der Waals surface area contributed by atoms with E-state index in [1.165, 1.54) is 6.07 Å². The van der Waals surface area contributed by atoms with E-state index >= 15 is 4.39 Å². The van der Waals surface area contributed by atoms with Gasteiger partial charge >= 0.3 is 0 Å². The van der Waals surface area contributed by atoms with Crippen LogP contribution in [-0.2, 0) is 11.3 Å². The van der Waals surface area contributed by atoms with Crippen molar-refractivity contribution in [2.24, 2.45) is 0 Å². The van der Waals surface area contributed by atoms with Crippen LogP contribution in [0.15, 0.2) is 36.7 Å². The third kappa shape index (κ3) is 8.16. The van der Waals surface area contributed by atoms with E-state index in [1.54, 1.807) is 11.5 Å². The van der Waals surface area contributed by atoms with E-state index in [0.29, 0.717) is 29.1 Å². The average molecular weight is 622 g/mol. The molecule has 4 aromatic rings. The van der Waals surface area contributed by atoms with E-state index in [0.717, 1.165) is 76.7 Å². The normalized spacial score (nSPS) is 14.4. The molecule has 0 bridgehead atoms. The fraction of sp³-hybridized carbons (Fsp3) is 0.469. The molecule has 240 valence electrons. The highest BCUT2D eigenvalue weighted by atomic mass is 19.1. The molecule has 5 rings (SSSR count). The van der Waals surface area contributed by atoms with Crippen LogP contribution in [0.25, 0.3) is 22.3 Å². The van der Waals surface area contributed by atoms with Crippen LogP contribution in [0.3, 0.4) is 0 Å². The number of fused-ring (bicyclic) bond motifs is 1. The quantitative estimate of drug-likeness (QED) is 0.103. The fourth-order valence-electron chi connectivity index (χ4n) is 5.85. The van der Waals surface area contributed by atoms with E-state index in [4.69, 9.17) is 5.21 Å². The molecule has 1 aliphatic heterocycles. The summed E-state index contributed by atoms with van der Waals surface area (Å²) in [5.41, 5.74) is 3.89. The summed E-state index contributed by atoms with van der Waals surface area (Å²) in [6.45, 7) is 11.6. The number of aromatic nitrogens is 5. The molecule has 0 atom stereocenters. The van der Waals surface area contributed by atoms with Crippen LogP contribution in [-0.4, -0.2) is 78.1 Å². The highest BCUT2D eigenvalue weighted by molar-refractivity contribution is 5.83. The predicted molar refractivity (Wildman–Crippen MR) is 168 cm³/mol. The molecule has 45 heavy (non-hydrogen) atoms. The van der Waals surface area contributed by atoms with Crippen LogP contribution in [0.1, 0.15) is 63.4 Å². The first-order valence-corrected chi connectivity index (χ1v) is 15.5. The molecule has 3 aromatic heterocycles. The van der Waals surface area contributed by atoms with Gasteiger partial charge in [-0.3, -0.25) is 14.9 Å². The molecule has 11 nitrogen and oxygen atoms in total. The molecule has 0 spiro atoms. The Morgan fingerprint density at radius 1 is 0.956 bits per heavy atom. The second kappa shape index (κ2) is 14.8. The molecule has 0 unspecified atom stereocenters. The molecule has 1 amide bonds. The zero-order chi connectivity index (χ0) is 31.9. The van der Waals surface area contributed by atoms with Crippen molar-refractivity contribution >= 4 is 28.7 Å². The standard InChI is InChI=1S/C32H41F2N9O2/c1-21(2)43-22(3)37-31-25(33)16-24(17-27(31)43)30-26(34)19-36-32(39-30)38-28-10-9-23(18-35-28)20-42-14-12-41(13-15-42)11-7-5-4-6-8-29(44)40-45/h9-10,16-19,21,45H,4-8,11-15,20H2,1-3H3,(H,40,44)(H,35,36,38,39). The number of rotatable bonds is 13. The number of hydrogen-bond acceptors (Lipinski definition) is 9. The largest absolute Gasteiger partial charge is 0.326 e. The van der Waals surface area contributed by atoms with E-state index in [2.05, 4.69) is 35.1 Å². The van der Waals surface area contributed by atoms with Gasteiger partial charge in [0.25, 0.3) is 0 Å². The summed E-state index contributed by atoms with van der Waals surface area (Å²) in [5.74, 6) is -0.140. The summed E-state index contributed by atoms with van der Waals surface area (Å²) in [6, 6.07) is 6.87. The number of carbonyl (C=O) groups excluding carboxylic acids is 1. The van der Waals surface area contributed by atoms with Gasteiger partial charge in [0.15, 0.2) is 11.6 Å². The molecule has 1 aromatic carbocycles. The summed E-state index contributed by atoms with van der Waals surface area (Å²) >= 11 is 0. The predicted octanol–water partition coefficient (Wildman–Crippen LogP) is 5.37. The highest BCUT2D eigenvalue weighted by Crippen LogP contribution is 2.30. The second-order valence-corrected chi connectivity index (χ2v) is 11.8. The number of aryl methyl sites for hydroxylation is 1. The summed E-state index contributed by atoms with van der Waals surface area (Å²) in [7, 11) is 0. The fourth-order valence-corrected chi connectivity index (χ4v) is 5.85. The number of carbonyl (C=O) groups is 1. The molecular weight excluding hydrogens is 580 g/mol. The minimum Gasteiger partial charge on any atom is -0.326 e. The average Bonchev–Trinajstić information content (AvgIpc) is 3.38. The third-order valence-electron chi connectivity index (χ3n) is 8.15. The second-order valence-electron chi connectivity index (χ2n) is 11.8. The zero-order valence-electron chi connectivity index (χ0n) is 26.1. The number of anilines is 2. The van der Waals surface area contributed by atoms with Gasteiger partial charge in [0.1, 0.15) is 22.9 Å². The van der Waals surface area contributed by atoms with E-state index in [9.17, 15) is 9.18 Å². The van der Waals surface area contributed by atoms with Gasteiger partial charge in [-0.25, -0.2) is 34.2 Å². The van der Waals surface area contributed by atoms with Crippen LogP contribution in [0.4, 0.5) is 20.5 Å². The number of piperazine rings is 1. The van der Waals surface area contributed by atoms with Crippen LogP contribution in [0, 0.1) is 18.6 Å². The van der Waals surface area contributed by atoms with Gasteiger partial charge in [-0.1, -0.05) is 18.9 Å². The number of hydrogen-bond donors (Lipinski definition) is 3. The topological polar surface area (TPSA) is 124 Å². The summed E-state index contributed by atoms with van der Waals surface area (Å²) in [5, 5.41) is 11.6. The smallest absolute Gasteiger partial charge is 0.243 e.